The SMILES string of the molecule is COC1=CC(=O)C2(C(=O)N(C(=O)OC(C)(C)C)c3ccccc32)[C@H](c2ccc([N+](=O)[O-])cc2)[C@H]1C. The van der Waals surface area contributed by atoms with E-state index in [1.165, 1.54) is 25.3 Å². The van der Waals surface area contributed by atoms with Gasteiger partial charge in [0.05, 0.1) is 17.7 Å². The number of fused-ring (bicyclic) bond motifs is 2. The standard InChI is InChI=1S/C26H26N2O7/c1-15-20(34-5)14-21(29)26(22(15)16-10-12-17(13-11-16)28(32)33)18-8-6-7-9-19(18)27(23(26)30)24(31)35-25(2,3)4/h6-15,22H,1-5H3/t15-,22-,26?/m0/s1. The van der Waals surface area contributed by atoms with Crippen LogP contribution in [0.25, 0.3) is 0 Å². The molecule has 0 saturated carbocycles. The Morgan fingerprint density at radius 3 is 2.29 bits per heavy atom. The second-order valence-corrected chi connectivity index (χ2v) is 9.68. The molecular weight excluding hydrogens is 452 g/mol. The minimum Gasteiger partial charge on any atom is -0.501 e. The van der Waals surface area contributed by atoms with Crippen LogP contribution in [0.4, 0.5) is 16.2 Å². The van der Waals surface area contributed by atoms with Gasteiger partial charge in [0.2, 0.25) is 0 Å². The van der Waals surface area contributed by atoms with Crippen LogP contribution in [0, 0.1) is 16.0 Å². The first-order chi connectivity index (χ1) is 16.4. The van der Waals surface area contributed by atoms with E-state index in [0.717, 1.165) is 4.90 Å². The third-order valence-corrected chi connectivity index (χ3v) is 6.46. The largest absolute Gasteiger partial charge is 0.501 e. The second-order valence-electron chi connectivity index (χ2n) is 9.68. The van der Waals surface area contributed by atoms with Crippen molar-refractivity contribution in [2.75, 3.05) is 12.0 Å². The third kappa shape index (κ3) is 3.67. The molecule has 2 amide bonds. The van der Waals surface area contributed by atoms with Crippen LogP contribution in [0.2, 0.25) is 0 Å². The molecule has 2 aromatic carbocycles. The number of allylic oxidation sites excluding steroid dienone is 2. The number of carbonyl (C=O) groups excluding carboxylic acids is 3. The van der Waals surface area contributed by atoms with Gasteiger partial charge in [0.1, 0.15) is 16.8 Å². The number of para-hydroxylation sites is 1. The molecule has 0 radical (unpaired) electrons. The summed E-state index contributed by atoms with van der Waals surface area (Å²) in [6.45, 7) is 6.89. The average Bonchev–Trinajstić information content (AvgIpc) is 3.05. The maximum atomic E-state index is 14.2. The zero-order valence-corrected chi connectivity index (χ0v) is 20.1. The monoisotopic (exact) mass is 478 g/mol. The molecular formula is C26H26N2O7. The Hall–Kier alpha value is -4.01. The molecule has 3 atom stereocenters. The van der Waals surface area contributed by atoms with Gasteiger partial charge in [-0.3, -0.25) is 19.7 Å². The van der Waals surface area contributed by atoms with E-state index >= 15 is 0 Å². The molecule has 182 valence electrons. The lowest BCUT2D eigenvalue weighted by Crippen LogP contribution is -2.55. The van der Waals surface area contributed by atoms with Gasteiger partial charge in [-0.25, -0.2) is 9.69 Å². The maximum absolute atomic E-state index is 14.2. The second kappa shape index (κ2) is 8.33. The van der Waals surface area contributed by atoms with Gasteiger partial charge in [-0.2, -0.15) is 0 Å². The van der Waals surface area contributed by atoms with Gasteiger partial charge in [-0.05, 0) is 32.4 Å². The predicted octanol–water partition coefficient (Wildman–Crippen LogP) is 4.65. The van der Waals surface area contributed by atoms with E-state index in [0.29, 0.717) is 16.9 Å². The van der Waals surface area contributed by atoms with E-state index in [1.54, 1.807) is 57.2 Å². The normalized spacial score (nSPS) is 23.7. The highest BCUT2D eigenvalue weighted by molar-refractivity contribution is 6.32. The van der Waals surface area contributed by atoms with E-state index in [1.807, 2.05) is 6.92 Å². The molecule has 1 unspecified atom stereocenters. The van der Waals surface area contributed by atoms with Crippen LogP contribution >= 0.6 is 0 Å². The number of rotatable bonds is 3. The highest BCUT2D eigenvalue weighted by Crippen LogP contribution is 2.56. The first-order valence-corrected chi connectivity index (χ1v) is 11.1. The van der Waals surface area contributed by atoms with Crippen molar-refractivity contribution < 1.29 is 28.8 Å². The van der Waals surface area contributed by atoms with Crippen molar-refractivity contribution in [1.29, 1.82) is 0 Å². The molecule has 9 nitrogen and oxygen atoms in total. The van der Waals surface area contributed by atoms with E-state index in [9.17, 15) is 24.5 Å². The lowest BCUT2D eigenvalue weighted by molar-refractivity contribution is -0.384. The molecule has 0 saturated heterocycles. The molecule has 1 heterocycles. The summed E-state index contributed by atoms with van der Waals surface area (Å²) < 4.78 is 11.0. The quantitative estimate of drug-likeness (QED) is 0.358. The van der Waals surface area contributed by atoms with Gasteiger partial charge >= 0.3 is 6.09 Å². The van der Waals surface area contributed by atoms with Crippen molar-refractivity contribution in [1.82, 2.24) is 0 Å². The fourth-order valence-corrected chi connectivity index (χ4v) is 5.08. The molecule has 2 aromatic rings. The van der Waals surface area contributed by atoms with Crippen LogP contribution in [-0.2, 0) is 24.5 Å². The number of benzene rings is 2. The van der Waals surface area contributed by atoms with E-state index < -0.39 is 45.6 Å². The predicted molar refractivity (Wildman–Crippen MR) is 127 cm³/mol. The van der Waals surface area contributed by atoms with Crippen molar-refractivity contribution >= 4 is 29.2 Å². The summed E-state index contributed by atoms with van der Waals surface area (Å²) in [5, 5.41) is 11.2. The maximum Gasteiger partial charge on any atom is 0.421 e. The van der Waals surface area contributed by atoms with Gasteiger partial charge in [0, 0.05) is 35.6 Å². The molecule has 0 N–H and O–H groups in total. The Labute approximate surface area is 202 Å². The molecule has 9 heteroatoms. The number of carbonyl (C=O) groups is 3. The van der Waals surface area contributed by atoms with E-state index in [2.05, 4.69) is 0 Å². The molecule has 1 aliphatic carbocycles. The summed E-state index contributed by atoms with van der Waals surface area (Å²) in [6, 6.07) is 12.4. The van der Waals surface area contributed by atoms with Crippen LogP contribution in [0.1, 0.15) is 44.7 Å². The number of nitro groups is 1. The number of ether oxygens (including phenoxy) is 2. The fourth-order valence-electron chi connectivity index (χ4n) is 5.08. The molecule has 0 bridgehead atoms. The molecule has 2 aliphatic rings. The lowest BCUT2D eigenvalue weighted by Gasteiger charge is -2.42. The summed E-state index contributed by atoms with van der Waals surface area (Å²) in [4.78, 5) is 52.9. The van der Waals surface area contributed by atoms with Gasteiger partial charge in [-0.15, -0.1) is 0 Å². The van der Waals surface area contributed by atoms with Crippen LogP contribution in [0.3, 0.4) is 0 Å². The number of imide groups is 1. The number of methoxy groups -OCH3 is 1. The minimum atomic E-state index is -1.77. The Balaban J connectivity index is 1.97. The van der Waals surface area contributed by atoms with Gasteiger partial charge < -0.3 is 9.47 Å². The zero-order chi connectivity index (χ0) is 25.7. The summed E-state index contributed by atoms with van der Waals surface area (Å²) in [7, 11) is 1.44. The number of anilines is 1. The topological polar surface area (TPSA) is 116 Å². The average molecular weight is 479 g/mol. The van der Waals surface area contributed by atoms with Crippen LogP contribution in [0.15, 0.2) is 60.4 Å². The van der Waals surface area contributed by atoms with Crippen molar-refractivity contribution in [2.45, 2.75) is 44.6 Å². The van der Waals surface area contributed by atoms with Gasteiger partial charge in [0.25, 0.3) is 11.6 Å². The Bertz CT molecular complexity index is 1260. The molecule has 0 fully saturated rings. The first-order valence-electron chi connectivity index (χ1n) is 11.1. The highest BCUT2D eigenvalue weighted by atomic mass is 16.6. The highest BCUT2D eigenvalue weighted by Gasteiger charge is 2.65. The number of nitrogens with zero attached hydrogens (tertiary/aromatic N) is 2. The number of non-ortho nitro benzene ring substituents is 1. The number of nitro benzene ring substituents is 1. The van der Waals surface area contributed by atoms with Crippen LogP contribution in [0.5, 0.6) is 0 Å². The van der Waals surface area contributed by atoms with Gasteiger partial charge in [-0.1, -0.05) is 37.3 Å². The molecule has 1 aliphatic heterocycles. The number of hydrogen-bond acceptors (Lipinski definition) is 7. The minimum absolute atomic E-state index is 0.117. The summed E-state index contributed by atoms with van der Waals surface area (Å²) in [5.74, 6) is -2.13. The smallest absolute Gasteiger partial charge is 0.421 e. The van der Waals surface area contributed by atoms with Crippen LogP contribution < -0.4 is 4.90 Å². The summed E-state index contributed by atoms with van der Waals surface area (Å²) in [5.41, 5.74) is -1.57. The first kappa shape index (κ1) is 24.1. The Kier molecular flexibility index (Phi) is 5.75. The van der Waals surface area contributed by atoms with E-state index in [4.69, 9.17) is 9.47 Å². The summed E-state index contributed by atoms with van der Waals surface area (Å²) >= 11 is 0. The fraction of sp³-hybridized carbons (Fsp3) is 0.346. The van der Waals surface area contributed by atoms with Crippen molar-refractivity contribution in [3.8, 4) is 0 Å². The molecule has 0 aromatic heterocycles. The van der Waals surface area contributed by atoms with Crippen molar-refractivity contribution in [3.63, 3.8) is 0 Å². The third-order valence-electron chi connectivity index (χ3n) is 6.46. The summed E-state index contributed by atoms with van der Waals surface area (Å²) in [6.07, 6.45) is 0.427. The number of ketones is 1. The van der Waals surface area contributed by atoms with Crippen LogP contribution in [-0.4, -0.2) is 35.4 Å². The molecule has 35 heavy (non-hydrogen) atoms. The van der Waals surface area contributed by atoms with Crippen molar-refractivity contribution in [2.24, 2.45) is 5.92 Å². The molecule has 1 spiro atoms. The Morgan fingerprint density at radius 2 is 1.71 bits per heavy atom. The zero-order valence-electron chi connectivity index (χ0n) is 20.1. The van der Waals surface area contributed by atoms with Crippen molar-refractivity contribution in [3.05, 3.63) is 81.6 Å². The van der Waals surface area contributed by atoms with E-state index in [-0.39, 0.29) is 11.4 Å². The lowest BCUT2D eigenvalue weighted by atomic mass is 9.58. The Morgan fingerprint density at radius 1 is 1.09 bits per heavy atom. The van der Waals surface area contributed by atoms with Gasteiger partial charge in [0.15, 0.2) is 5.78 Å². The molecule has 4 rings (SSSR count). The number of hydrogen-bond donors (Lipinski definition) is 0. The number of amides is 2.